The van der Waals surface area contributed by atoms with Crippen LogP contribution in [0.15, 0.2) is 53.4 Å². The van der Waals surface area contributed by atoms with E-state index >= 15 is 0 Å². The fraction of sp³-hybridized carbons (Fsp3) is 0.235. The average Bonchev–Trinajstić information content (AvgIpc) is 2.61. The van der Waals surface area contributed by atoms with E-state index in [2.05, 4.69) is 10.0 Å². The van der Waals surface area contributed by atoms with Crippen LogP contribution in [0.2, 0.25) is 5.02 Å². The number of rotatable bonds is 8. The smallest absolute Gasteiger partial charge is 0.242 e. The summed E-state index contributed by atoms with van der Waals surface area (Å²) >= 11 is 5.87. The van der Waals surface area contributed by atoms with E-state index in [1.165, 1.54) is 12.1 Å². The summed E-state index contributed by atoms with van der Waals surface area (Å²) in [4.78, 5) is 11.8. The van der Waals surface area contributed by atoms with Gasteiger partial charge in [-0.2, -0.15) is 0 Å². The lowest BCUT2D eigenvalue weighted by molar-refractivity contribution is -0.119. The summed E-state index contributed by atoms with van der Waals surface area (Å²) in [5.74, 6) is 0.321. The number of methoxy groups -OCH3 is 1. The predicted octanol–water partition coefficient (Wildman–Crippen LogP) is 1.99. The third-order valence-electron chi connectivity index (χ3n) is 3.46. The van der Waals surface area contributed by atoms with Gasteiger partial charge in [-0.1, -0.05) is 41.9 Å². The number of carbonyl (C=O) groups excluding carboxylic acids is 1. The fourth-order valence-corrected chi connectivity index (χ4v) is 3.71. The van der Waals surface area contributed by atoms with E-state index < -0.39 is 15.9 Å². The van der Waals surface area contributed by atoms with Gasteiger partial charge in [-0.3, -0.25) is 4.79 Å². The standard InChI is InChI=1S/C17H19ClN2O4S/c1-24-15-8-4-2-6-13(15)10-11-19-17(21)12-20-25(22,23)16-9-5-3-7-14(16)18/h2-9,20H,10-12H2,1H3,(H,19,21). The van der Waals surface area contributed by atoms with E-state index in [0.717, 1.165) is 11.3 Å². The van der Waals surface area contributed by atoms with E-state index in [4.69, 9.17) is 16.3 Å². The van der Waals surface area contributed by atoms with E-state index in [-0.39, 0.29) is 16.5 Å². The largest absolute Gasteiger partial charge is 0.496 e. The molecular weight excluding hydrogens is 364 g/mol. The first-order valence-electron chi connectivity index (χ1n) is 7.57. The molecule has 8 heteroatoms. The maximum atomic E-state index is 12.1. The molecule has 134 valence electrons. The molecule has 0 heterocycles. The number of halogens is 1. The SMILES string of the molecule is COc1ccccc1CCNC(=O)CNS(=O)(=O)c1ccccc1Cl. The van der Waals surface area contributed by atoms with Crippen LogP contribution in [0.3, 0.4) is 0 Å². The van der Waals surface area contributed by atoms with Crippen molar-refractivity contribution in [3.05, 3.63) is 59.1 Å². The van der Waals surface area contributed by atoms with Gasteiger partial charge in [-0.05, 0) is 30.2 Å². The molecule has 25 heavy (non-hydrogen) atoms. The molecule has 2 N–H and O–H groups in total. The van der Waals surface area contributed by atoms with Gasteiger partial charge in [-0.25, -0.2) is 13.1 Å². The lowest BCUT2D eigenvalue weighted by Crippen LogP contribution is -2.37. The molecule has 0 aliphatic carbocycles. The van der Waals surface area contributed by atoms with Gasteiger partial charge in [0.1, 0.15) is 10.6 Å². The van der Waals surface area contributed by atoms with Crippen LogP contribution in [0, 0.1) is 0 Å². The number of hydrogen-bond donors (Lipinski definition) is 2. The summed E-state index contributed by atoms with van der Waals surface area (Å²) in [5.41, 5.74) is 0.960. The van der Waals surface area contributed by atoms with Gasteiger partial charge >= 0.3 is 0 Å². The number of benzene rings is 2. The zero-order chi connectivity index (χ0) is 18.3. The second-order valence-electron chi connectivity index (χ2n) is 5.17. The van der Waals surface area contributed by atoms with Crippen LogP contribution in [-0.4, -0.2) is 34.5 Å². The highest BCUT2D eigenvalue weighted by Crippen LogP contribution is 2.20. The Hall–Kier alpha value is -2.09. The van der Waals surface area contributed by atoms with Crippen LogP contribution in [-0.2, 0) is 21.2 Å². The predicted molar refractivity (Wildman–Crippen MR) is 96.3 cm³/mol. The molecule has 0 saturated heterocycles. The Morgan fingerprint density at radius 1 is 1.12 bits per heavy atom. The first kappa shape index (κ1) is 19.2. The van der Waals surface area contributed by atoms with Gasteiger partial charge in [0, 0.05) is 6.54 Å². The second-order valence-corrected chi connectivity index (χ2v) is 7.31. The molecule has 0 bridgehead atoms. The minimum absolute atomic E-state index is 0.0570. The minimum Gasteiger partial charge on any atom is -0.496 e. The zero-order valence-electron chi connectivity index (χ0n) is 13.7. The quantitative estimate of drug-likeness (QED) is 0.731. The molecule has 2 rings (SSSR count). The van der Waals surface area contributed by atoms with Crippen LogP contribution in [0.4, 0.5) is 0 Å². The van der Waals surface area contributed by atoms with Crippen molar-refractivity contribution in [2.75, 3.05) is 20.2 Å². The molecular formula is C17H19ClN2O4S. The van der Waals surface area contributed by atoms with Gasteiger partial charge < -0.3 is 10.1 Å². The molecule has 0 aliphatic heterocycles. The van der Waals surface area contributed by atoms with Crippen molar-refractivity contribution in [2.45, 2.75) is 11.3 Å². The van der Waals surface area contributed by atoms with Gasteiger partial charge in [0.2, 0.25) is 15.9 Å². The van der Waals surface area contributed by atoms with Gasteiger partial charge in [-0.15, -0.1) is 0 Å². The first-order valence-corrected chi connectivity index (χ1v) is 9.43. The van der Waals surface area contributed by atoms with E-state index in [0.29, 0.717) is 13.0 Å². The fourth-order valence-electron chi connectivity index (χ4n) is 2.21. The summed E-state index contributed by atoms with van der Waals surface area (Å²) < 4.78 is 31.8. The molecule has 2 aromatic rings. The number of para-hydroxylation sites is 1. The third-order valence-corrected chi connectivity index (χ3v) is 5.36. The van der Waals surface area contributed by atoms with E-state index in [9.17, 15) is 13.2 Å². The summed E-state index contributed by atoms with van der Waals surface area (Å²) in [7, 11) is -2.25. The van der Waals surface area contributed by atoms with Crippen LogP contribution in [0.1, 0.15) is 5.56 Å². The Morgan fingerprint density at radius 2 is 1.80 bits per heavy atom. The van der Waals surface area contributed by atoms with Crippen LogP contribution in [0.25, 0.3) is 0 Å². The van der Waals surface area contributed by atoms with Crippen molar-refractivity contribution in [2.24, 2.45) is 0 Å². The summed E-state index contributed by atoms with van der Waals surface area (Å²) in [5, 5.41) is 2.77. The molecule has 1 amide bonds. The Labute approximate surface area is 152 Å². The zero-order valence-corrected chi connectivity index (χ0v) is 15.2. The second kappa shape index (κ2) is 8.84. The number of ether oxygens (including phenoxy) is 1. The van der Waals surface area contributed by atoms with Crippen LogP contribution < -0.4 is 14.8 Å². The van der Waals surface area contributed by atoms with Crippen molar-refractivity contribution < 1.29 is 17.9 Å². The highest BCUT2D eigenvalue weighted by Gasteiger charge is 2.18. The molecule has 0 saturated carbocycles. The van der Waals surface area contributed by atoms with Gasteiger partial charge in [0.25, 0.3) is 0 Å². The van der Waals surface area contributed by atoms with E-state index in [1.54, 1.807) is 19.2 Å². The number of nitrogens with one attached hydrogen (secondary N) is 2. The highest BCUT2D eigenvalue weighted by atomic mass is 35.5. The maximum Gasteiger partial charge on any atom is 0.242 e. The molecule has 0 fully saturated rings. The van der Waals surface area contributed by atoms with Gasteiger partial charge in [0.15, 0.2) is 0 Å². The van der Waals surface area contributed by atoms with Crippen molar-refractivity contribution in [3.63, 3.8) is 0 Å². The van der Waals surface area contributed by atoms with Crippen molar-refractivity contribution in [3.8, 4) is 5.75 Å². The Bertz CT molecular complexity index is 840. The number of amides is 1. The maximum absolute atomic E-state index is 12.1. The molecule has 0 aromatic heterocycles. The topological polar surface area (TPSA) is 84.5 Å². The van der Waals surface area contributed by atoms with Crippen molar-refractivity contribution in [1.29, 1.82) is 0 Å². The molecule has 0 aliphatic rings. The first-order chi connectivity index (χ1) is 11.9. The third kappa shape index (κ3) is 5.45. The number of sulfonamides is 1. The average molecular weight is 383 g/mol. The lowest BCUT2D eigenvalue weighted by Gasteiger charge is -2.10. The summed E-state index contributed by atoms with van der Waals surface area (Å²) in [6, 6.07) is 13.6. The molecule has 0 spiro atoms. The van der Waals surface area contributed by atoms with Gasteiger partial charge in [0.05, 0.1) is 18.7 Å². The summed E-state index contributed by atoms with van der Waals surface area (Å²) in [6.07, 6.45) is 0.576. The van der Waals surface area contributed by atoms with Crippen LogP contribution >= 0.6 is 11.6 Å². The number of carbonyl (C=O) groups is 1. The Kier molecular flexibility index (Phi) is 6.81. The molecule has 6 nitrogen and oxygen atoms in total. The Morgan fingerprint density at radius 3 is 2.52 bits per heavy atom. The Balaban J connectivity index is 1.84. The minimum atomic E-state index is -3.84. The highest BCUT2D eigenvalue weighted by molar-refractivity contribution is 7.89. The normalized spacial score (nSPS) is 11.1. The molecule has 0 radical (unpaired) electrons. The molecule has 2 aromatic carbocycles. The van der Waals surface area contributed by atoms with E-state index in [1.807, 2.05) is 24.3 Å². The van der Waals surface area contributed by atoms with Crippen molar-refractivity contribution >= 4 is 27.5 Å². The number of hydrogen-bond acceptors (Lipinski definition) is 4. The molecule has 0 unspecified atom stereocenters. The lowest BCUT2D eigenvalue weighted by atomic mass is 10.1. The molecule has 0 atom stereocenters. The summed E-state index contributed by atoms with van der Waals surface area (Å²) in [6.45, 7) is 0.00646. The van der Waals surface area contributed by atoms with Crippen LogP contribution in [0.5, 0.6) is 5.75 Å². The van der Waals surface area contributed by atoms with Crippen molar-refractivity contribution in [1.82, 2.24) is 10.0 Å². The monoisotopic (exact) mass is 382 g/mol.